The molecule has 3 rings (SSSR count). The van der Waals surface area contributed by atoms with Crippen LogP contribution >= 0.6 is 15.9 Å². The minimum absolute atomic E-state index is 0.194. The largest absolute Gasteiger partial charge is 0.383 e. The first kappa shape index (κ1) is 21.2. The zero-order valence-corrected chi connectivity index (χ0v) is 18.7. The van der Waals surface area contributed by atoms with Crippen LogP contribution in [0.25, 0.3) is 5.65 Å². The summed E-state index contributed by atoms with van der Waals surface area (Å²) < 4.78 is 4.32. The summed E-state index contributed by atoms with van der Waals surface area (Å²) in [5, 5.41) is 0. The Balaban J connectivity index is 2.06. The van der Waals surface area contributed by atoms with Crippen LogP contribution in [0.4, 0.5) is 11.5 Å². The molecule has 9 heteroatoms. The van der Waals surface area contributed by atoms with E-state index in [1.807, 2.05) is 47.7 Å². The molecule has 3 N–H and O–H groups in total. The van der Waals surface area contributed by atoms with Crippen molar-refractivity contribution in [1.29, 1.82) is 0 Å². The molecular formula is C20H27BrN6O2. The predicted octanol–water partition coefficient (Wildman–Crippen LogP) is 2.85. The molecule has 156 valence electrons. The maximum atomic E-state index is 12.7. The Morgan fingerprint density at radius 3 is 2.55 bits per heavy atom. The van der Waals surface area contributed by atoms with Gasteiger partial charge in [-0.3, -0.25) is 14.3 Å². The molecule has 0 aromatic carbocycles. The lowest BCUT2D eigenvalue weighted by Crippen LogP contribution is -2.40. The van der Waals surface area contributed by atoms with Crippen LogP contribution in [0.15, 0.2) is 38.6 Å². The molecule has 0 atom stereocenters. The van der Waals surface area contributed by atoms with Crippen LogP contribution in [0.1, 0.15) is 33.4 Å². The van der Waals surface area contributed by atoms with E-state index in [0.29, 0.717) is 25.3 Å². The Morgan fingerprint density at radius 1 is 1.17 bits per heavy atom. The van der Waals surface area contributed by atoms with Gasteiger partial charge >= 0.3 is 5.69 Å². The third-order valence-corrected chi connectivity index (χ3v) is 4.95. The molecule has 0 saturated carbocycles. The minimum atomic E-state index is -0.480. The molecule has 0 aliphatic carbocycles. The fourth-order valence-electron chi connectivity index (χ4n) is 3.39. The lowest BCUT2D eigenvalue weighted by atomic mass is 10.2. The van der Waals surface area contributed by atoms with Crippen LogP contribution in [0.3, 0.4) is 0 Å². The van der Waals surface area contributed by atoms with Crippen molar-refractivity contribution in [3.05, 3.63) is 55.5 Å². The van der Waals surface area contributed by atoms with Gasteiger partial charge in [0.2, 0.25) is 0 Å². The van der Waals surface area contributed by atoms with Gasteiger partial charge in [0.15, 0.2) is 0 Å². The van der Waals surface area contributed by atoms with Crippen LogP contribution in [0.5, 0.6) is 0 Å². The highest BCUT2D eigenvalue weighted by Gasteiger charge is 2.21. The Kier molecular flexibility index (Phi) is 6.16. The van der Waals surface area contributed by atoms with E-state index >= 15 is 0 Å². The molecule has 0 radical (unpaired) electrons. The van der Waals surface area contributed by atoms with Gasteiger partial charge in [0.25, 0.3) is 5.56 Å². The molecule has 8 nitrogen and oxygen atoms in total. The number of fused-ring (bicyclic) bond motifs is 1. The fraction of sp³-hybridized carbons (Fsp3) is 0.450. The first-order valence-corrected chi connectivity index (χ1v) is 10.5. The second kappa shape index (κ2) is 8.44. The average molecular weight is 463 g/mol. The number of halogens is 1. The number of anilines is 2. The van der Waals surface area contributed by atoms with Gasteiger partial charge in [-0.2, -0.15) is 0 Å². The van der Waals surface area contributed by atoms with Gasteiger partial charge in [-0.05, 0) is 39.9 Å². The highest BCUT2D eigenvalue weighted by Crippen LogP contribution is 2.22. The van der Waals surface area contributed by atoms with E-state index in [-0.39, 0.29) is 17.7 Å². The molecule has 29 heavy (non-hydrogen) atoms. The van der Waals surface area contributed by atoms with Crippen LogP contribution in [0.2, 0.25) is 0 Å². The summed E-state index contributed by atoms with van der Waals surface area (Å²) in [6, 6.07) is 3.85. The number of rotatable bonds is 7. The number of hydrogen-bond donors (Lipinski definition) is 2. The van der Waals surface area contributed by atoms with Crippen molar-refractivity contribution in [2.75, 3.05) is 17.2 Å². The van der Waals surface area contributed by atoms with E-state index in [1.54, 1.807) is 0 Å². The van der Waals surface area contributed by atoms with Gasteiger partial charge in [0, 0.05) is 30.0 Å². The zero-order chi connectivity index (χ0) is 21.3. The summed E-state index contributed by atoms with van der Waals surface area (Å²) in [5.74, 6) is 0.689. The molecule has 3 aromatic rings. The summed E-state index contributed by atoms with van der Waals surface area (Å²) in [4.78, 5) is 34.0. The molecule has 0 aliphatic rings. The van der Waals surface area contributed by atoms with Gasteiger partial charge in [0.1, 0.15) is 17.2 Å². The standard InChI is InChI=1S/C20H27BrN6O2/c1-12(2)7-26(11-15-10-25-9-14(21)5-6-16(25)23-15)17-18(22)27(8-13(3)4)20(29)24-19(17)28/h5-6,9-10,12-13H,7-8,11,22H2,1-4H3,(H,24,28,29). The number of pyridine rings is 1. The quantitative estimate of drug-likeness (QED) is 0.561. The minimum Gasteiger partial charge on any atom is -0.383 e. The van der Waals surface area contributed by atoms with E-state index in [0.717, 1.165) is 15.8 Å². The maximum absolute atomic E-state index is 12.7. The van der Waals surface area contributed by atoms with Crippen molar-refractivity contribution in [3.8, 4) is 0 Å². The molecule has 0 bridgehead atoms. The normalized spacial score (nSPS) is 11.7. The molecule has 0 amide bonds. The summed E-state index contributed by atoms with van der Waals surface area (Å²) in [6.07, 6.45) is 3.87. The first-order chi connectivity index (χ1) is 13.7. The smallest absolute Gasteiger partial charge is 0.330 e. The van der Waals surface area contributed by atoms with Gasteiger partial charge in [-0.1, -0.05) is 27.7 Å². The number of nitrogen functional groups attached to an aromatic ring is 1. The summed E-state index contributed by atoms with van der Waals surface area (Å²) >= 11 is 3.46. The first-order valence-electron chi connectivity index (χ1n) is 9.66. The predicted molar refractivity (Wildman–Crippen MR) is 119 cm³/mol. The Bertz CT molecular complexity index is 1130. The van der Waals surface area contributed by atoms with Crippen LogP contribution < -0.4 is 21.9 Å². The number of aromatic amines is 1. The van der Waals surface area contributed by atoms with Gasteiger partial charge < -0.3 is 15.0 Å². The van der Waals surface area contributed by atoms with Crippen molar-refractivity contribution in [1.82, 2.24) is 18.9 Å². The number of H-pyrrole nitrogens is 1. The third kappa shape index (κ3) is 4.72. The van der Waals surface area contributed by atoms with Crippen LogP contribution in [-0.2, 0) is 13.1 Å². The van der Waals surface area contributed by atoms with E-state index in [9.17, 15) is 9.59 Å². The highest BCUT2D eigenvalue weighted by atomic mass is 79.9. The summed E-state index contributed by atoms with van der Waals surface area (Å²) in [5.41, 5.74) is 7.32. The maximum Gasteiger partial charge on any atom is 0.330 e. The Labute approximate surface area is 177 Å². The zero-order valence-electron chi connectivity index (χ0n) is 17.1. The third-order valence-electron chi connectivity index (χ3n) is 4.48. The number of aromatic nitrogens is 4. The van der Waals surface area contributed by atoms with Gasteiger partial charge in [0.05, 0.1) is 12.2 Å². The molecule has 0 fully saturated rings. The molecule has 0 aliphatic heterocycles. The number of nitrogens with one attached hydrogen (secondary N) is 1. The summed E-state index contributed by atoms with van der Waals surface area (Å²) in [7, 11) is 0. The van der Waals surface area contributed by atoms with E-state index in [1.165, 1.54) is 4.57 Å². The number of nitrogens with zero attached hydrogens (tertiary/aromatic N) is 4. The topological polar surface area (TPSA) is 101 Å². The molecule has 0 unspecified atom stereocenters. The van der Waals surface area contributed by atoms with Crippen molar-refractivity contribution >= 4 is 33.1 Å². The number of imidazole rings is 1. The van der Waals surface area contributed by atoms with E-state index < -0.39 is 11.2 Å². The Hall–Kier alpha value is -2.55. The monoisotopic (exact) mass is 462 g/mol. The SMILES string of the molecule is CC(C)CN(Cc1cn2cc(Br)ccc2n1)c1c(N)n(CC(C)C)c(=O)[nH]c1=O. The van der Waals surface area contributed by atoms with Crippen molar-refractivity contribution in [2.24, 2.45) is 11.8 Å². The number of nitrogens with two attached hydrogens (primary N) is 1. The lowest BCUT2D eigenvalue weighted by Gasteiger charge is -2.27. The second-order valence-corrected chi connectivity index (χ2v) is 9.03. The fourth-order valence-corrected chi connectivity index (χ4v) is 3.75. The highest BCUT2D eigenvalue weighted by molar-refractivity contribution is 9.10. The van der Waals surface area contributed by atoms with Crippen molar-refractivity contribution in [2.45, 2.75) is 40.8 Å². The molecule has 0 saturated heterocycles. The molecule has 3 aromatic heterocycles. The summed E-state index contributed by atoms with van der Waals surface area (Å²) in [6.45, 7) is 9.58. The van der Waals surface area contributed by atoms with E-state index in [4.69, 9.17) is 5.73 Å². The Morgan fingerprint density at radius 2 is 1.90 bits per heavy atom. The molecule has 0 spiro atoms. The average Bonchev–Trinajstić information content (AvgIpc) is 2.99. The second-order valence-electron chi connectivity index (χ2n) is 8.12. The van der Waals surface area contributed by atoms with Crippen LogP contribution in [-0.4, -0.2) is 25.5 Å². The van der Waals surface area contributed by atoms with Crippen molar-refractivity contribution in [3.63, 3.8) is 0 Å². The van der Waals surface area contributed by atoms with Gasteiger partial charge in [-0.15, -0.1) is 0 Å². The molecule has 3 heterocycles. The molecular weight excluding hydrogens is 436 g/mol. The number of hydrogen-bond acceptors (Lipinski definition) is 5. The van der Waals surface area contributed by atoms with E-state index in [2.05, 4.69) is 39.7 Å². The van der Waals surface area contributed by atoms with Crippen LogP contribution in [0, 0.1) is 11.8 Å². The lowest BCUT2D eigenvalue weighted by molar-refractivity contribution is 0.505. The van der Waals surface area contributed by atoms with Crippen molar-refractivity contribution < 1.29 is 0 Å². The van der Waals surface area contributed by atoms with Gasteiger partial charge in [-0.25, -0.2) is 9.78 Å².